The van der Waals surface area contributed by atoms with Crippen molar-refractivity contribution in [3.63, 3.8) is 0 Å². The van der Waals surface area contributed by atoms with Crippen LogP contribution in [0.5, 0.6) is 0 Å². The van der Waals surface area contributed by atoms with E-state index in [4.69, 9.17) is 18.0 Å². The first-order valence-electron chi connectivity index (χ1n) is 6.55. The van der Waals surface area contributed by atoms with Crippen molar-refractivity contribution in [1.29, 1.82) is 0 Å². The van der Waals surface area contributed by atoms with Crippen LogP contribution in [0.1, 0.15) is 5.56 Å². The van der Waals surface area contributed by atoms with Crippen LogP contribution < -0.4 is 5.73 Å². The largest absolute Gasteiger partial charge is 0.368 e. The zero-order valence-electron chi connectivity index (χ0n) is 11.8. The number of rotatable bonds is 3. The quantitative estimate of drug-likeness (QED) is 0.689. The lowest BCUT2D eigenvalue weighted by molar-refractivity contribution is -0.121. The molecule has 2 N–H and O–H groups in total. The van der Waals surface area contributed by atoms with Crippen LogP contribution in [0.15, 0.2) is 35.4 Å². The number of nitrogens with zero attached hydrogens (tertiary/aromatic N) is 2. The van der Waals surface area contributed by atoms with E-state index in [1.807, 2.05) is 36.5 Å². The summed E-state index contributed by atoms with van der Waals surface area (Å²) in [6.07, 6.45) is 3.64. The number of carbonyl (C=O) groups is 2. The van der Waals surface area contributed by atoms with E-state index < -0.39 is 5.91 Å². The molecule has 2 heterocycles. The van der Waals surface area contributed by atoms with Gasteiger partial charge in [-0.2, -0.15) is 0 Å². The van der Waals surface area contributed by atoms with Crippen molar-refractivity contribution < 1.29 is 9.59 Å². The van der Waals surface area contributed by atoms with Crippen molar-refractivity contribution >= 4 is 57.1 Å². The van der Waals surface area contributed by atoms with E-state index in [0.29, 0.717) is 9.23 Å². The molecule has 1 aromatic carbocycles. The smallest absolute Gasteiger partial charge is 0.265 e. The normalized spacial score (nSPS) is 17.0. The van der Waals surface area contributed by atoms with E-state index in [9.17, 15) is 9.59 Å². The number of carbonyl (C=O) groups excluding carboxylic acids is 2. The van der Waals surface area contributed by atoms with Crippen LogP contribution in [0.2, 0.25) is 0 Å². The second kappa shape index (κ2) is 5.58. The number of primary amides is 1. The fraction of sp³-hybridized carbons (Fsp3) is 0.133. The fourth-order valence-corrected chi connectivity index (χ4v) is 3.55. The minimum absolute atomic E-state index is 0.100. The summed E-state index contributed by atoms with van der Waals surface area (Å²) in [5.41, 5.74) is 7.06. The molecule has 1 aliphatic rings. The number of benzene rings is 1. The third-order valence-electron chi connectivity index (χ3n) is 3.42. The van der Waals surface area contributed by atoms with Gasteiger partial charge in [0.05, 0.1) is 4.91 Å². The molecule has 22 heavy (non-hydrogen) atoms. The zero-order valence-corrected chi connectivity index (χ0v) is 13.4. The molecule has 0 spiro atoms. The predicted molar refractivity (Wildman–Crippen MR) is 92.1 cm³/mol. The maximum Gasteiger partial charge on any atom is 0.265 e. The molecule has 1 saturated heterocycles. The van der Waals surface area contributed by atoms with Gasteiger partial charge in [0.15, 0.2) is 0 Å². The topological polar surface area (TPSA) is 68.3 Å². The molecule has 1 fully saturated rings. The first kappa shape index (κ1) is 14.8. The Labute approximate surface area is 136 Å². The molecule has 0 radical (unpaired) electrons. The first-order chi connectivity index (χ1) is 10.5. The molecular formula is C15H13N3O2S2. The summed E-state index contributed by atoms with van der Waals surface area (Å²) in [5.74, 6) is -0.520. The third kappa shape index (κ3) is 2.53. The number of hydrogen-bond donors (Lipinski definition) is 1. The lowest BCUT2D eigenvalue weighted by atomic mass is 10.1. The number of nitrogens with two attached hydrogens (primary N) is 1. The van der Waals surface area contributed by atoms with Crippen LogP contribution in [0, 0.1) is 0 Å². The number of amides is 2. The van der Waals surface area contributed by atoms with Crippen LogP contribution in [0.4, 0.5) is 0 Å². The summed E-state index contributed by atoms with van der Waals surface area (Å²) in [7, 11) is 1.66. The number of hydrogen-bond acceptors (Lipinski definition) is 4. The van der Waals surface area contributed by atoms with Gasteiger partial charge in [-0.1, -0.05) is 42.2 Å². The number of thiocarbonyl (C=S) groups is 1. The molecule has 2 aromatic rings. The number of likely N-dealkylation sites (N-methyl/N-ethyl adjacent to an activating group) is 1. The van der Waals surface area contributed by atoms with Crippen molar-refractivity contribution in [2.75, 3.05) is 7.05 Å². The van der Waals surface area contributed by atoms with Crippen LogP contribution >= 0.6 is 24.0 Å². The number of fused-ring (bicyclic) bond motifs is 1. The molecule has 5 nitrogen and oxygen atoms in total. The summed E-state index contributed by atoms with van der Waals surface area (Å²) in [5, 5.41) is 0.963. The standard InChI is InChI=1S/C15H13N3O2S2/c1-17-14(20)12(22-15(17)21)6-9-7-18(8-13(16)19)11-5-3-2-4-10(9)11/h2-7H,8H2,1H3,(H2,16,19)/b12-6-. The van der Waals surface area contributed by atoms with Crippen molar-refractivity contribution in [2.24, 2.45) is 5.73 Å². The maximum absolute atomic E-state index is 12.1. The van der Waals surface area contributed by atoms with E-state index in [2.05, 4.69) is 0 Å². The second-order valence-electron chi connectivity index (χ2n) is 4.94. The van der Waals surface area contributed by atoms with Gasteiger partial charge in [0, 0.05) is 29.7 Å². The Balaban J connectivity index is 2.10. The second-order valence-corrected chi connectivity index (χ2v) is 6.61. The van der Waals surface area contributed by atoms with Gasteiger partial charge in [-0.15, -0.1) is 0 Å². The predicted octanol–water partition coefficient (Wildman–Crippen LogP) is 1.96. The molecule has 7 heteroatoms. The van der Waals surface area contributed by atoms with Gasteiger partial charge in [-0.3, -0.25) is 14.5 Å². The van der Waals surface area contributed by atoms with Crippen LogP contribution in [-0.4, -0.2) is 32.6 Å². The molecule has 0 saturated carbocycles. The molecular weight excluding hydrogens is 318 g/mol. The van der Waals surface area contributed by atoms with E-state index in [-0.39, 0.29) is 12.5 Å². The molecule has 1 aliphatic heterocycles. The average Bonchev–Trinajstić information content (AvgIpc) is 2.93. The Bertz CT molecular complexity index is 838. The lowest BCUT2D eigenvalue weighted by Gasteiger charge is -2.03. The number of thioether (sulfide) groups is 1. The van der Waals surface area contributed by atoms with Crippen molar-refractivity contribution in [1.82, 2.24) is 9.47 Å². The highest BCUT2D eigenvalue weighted by molar-refractivity contribution is 8.26. The lowest BCUT2D eigenvalue weighted by Crippen LogP contribution is -2.22. The van der Waals surface area contributed by atoms with Gasteiger partial charge >= 0.3 is 0 Å². The Kier molecular flexibility index (Phi) is 3.76. The SMILES string of the molecule is CN1C(=O)/C(=C/c2cn(CC(N)=O)c3ccccc23)SC1=S. The maximum atomic E-state index is 12.1. The van der Waals surface area contributed by atoms with Crippen molar-refractivity contribution in [3.8, 4) is 0 Å². The van der Waals surface area contributed by atoms with Gasteiger partial charge in [-0.25, -0.2) is 0 Å². The van der Waals surface area contributed by atoms with E-state index in [1.165, 1.54) is 16.7 Å². The molecule has 3 rings (SSSR count). The van der Waals surface area contributed by atoms with Gasteiger partial charge < -0.3 is 10.3 Å². The van der Waals surface area contributed by atoms with E-state index in [1.54, 1.807) is 11.6 Å². The first-order valence-corrected chi connectivity index (χ1v) is 7.77. The van der Waals surface area contributed by atoms with E-state index in [0.717, 1.165) is 16.5 Å². The Morgan fingerprint density at radius 3 is 2.77 bits per heavy atom. The van der Waals surface area contributed by atoms with Crippen LogP contribution in [0.3, 0.4) is 0 Å². The molecule has 0 bridgehead atoms. The monoisotopic (exact) mass is 331 g/mol. The summed E-state index contributed by atoms with van der Waals surface area (Å²) in [6.45, 7) is 0.100. The van der Waals surface area contributed by atoms with Crippen LogP contribution in [0.25, 0.3) is 17.0 Å². The summed E-state index contributed by atoms with van der Waals surface area (Å²) in [6, 6.07) is 7.68. The minimum Gasteiger partial charge on any atom is -0.368 e. The van der Waals surface area contributed by atoms with Gasteiger partial charge in [0.2, 0.25) is 5.91 Å². The number of aromatic nitrogens is 1. The third-order valence-corrected chi connectivity index (χ3v) is 4.90. The highest BCUT2D eigenvalue weighted by Crippen LogP contribution is 2.33. The molecule has 0 atom stereocenters. The Morgan fingerprint density at radius 2 is 2.14 bits per heavy atom. The Hall–Kier alpha value is -2.12. The minimum atomic E-state index is -0.410. The van der Waals surface area contributed by atoms with Crippen LogP contribution in [-0.2, 0) is 16.1 Å². The van der Waals surface area contributed by atoms with Gasteiger partial charge in [-0.05, 0) is 12.1 Å². The molecule has 2 amide bonds. The Morgan fingerprint density at radius 1 is 1.41 bits per heavy atom. The average molecular weight is 331 g/mol. The van der Waals surface area contributed by atoms with Crippen molar-refractivity contribution in [3.05, 3.63) is 40.9 Å². The highest BCUT2D eigenvalue weighted by Gasteiger charge is 2.29. The molecule has 112 valence electrons. The molecule has 1 aromatic heterocycles. The summed E-state index contributed by atoms with van der Waals surface area (Å²) in [4.78, 5) is 25.3. The summed E-state index contributed by atoms with van der Waals surface area (Å²) >= 11 is 6.41. The van der Waals surface area contributed by atoms with E-state index >= 15 is 0 Å². The zero-order chi connectivity index (χ0) is 15.9. The summed E-state index contributed by atoms with van der Waals surface area (Å²) < 4.78 is 2.33. The van der Waals surface area contributed by atoms with Crippen molar-refractivity contribution in [2.45, 2.75) is 6.54 Å². The fourth-order valence-electron chi connectivity index (χ4n) is 2.38. The number of para-hydroxylation sites is 1. The highest BCUT2D eigenvalue weighted by atomic mass is 32.2. The van der Waals surface area contributed by atoms with Gasteiger partial charge in [0.25, 0.3) is 5.91 Å². The molecule has 0 unspecified atom stereocenters. The molecule has 0 aliphatic carbocycles. The van der Waals surface area contributed by atoms with Gasteiger partial charge in [0.1, 0.15) is 10.9 Å².